The molecule has 0 fully saturated rings. The summed E-state index contributed by atoms with van der Waals surface area (Å²) in [6.07, 6.45) is -3.31. The van der Waals surface area contributed by atoms with Crippen LogP contribution in [0.4, 0.5) is 19.0 Å². The highest BCUT2D eigenvalue weighted by atomic mass is 19.4. The molecule has 1 heterocycles. The summed E-state index contributed by atoms with van der Waals surface area (Å²) in [5.41, 5.74) is -0.908. The van der Waals surface area contributed by atoms with Crippen molar-refractivity contribution in [3.63, 3.8) is 0 Å². The monoisotopic (exact) mass is 262 g/mol. The molecule has 0 spiro atoms. The van der Waals surface area contributed by atoms with Crippen LogP contribution in [0.2, 0.25) is 0 Å². The van der Waals surface area contributed by atoms with Crippen molar-refractivity contribution < 1.29 is 23.1 Å². The van der Waals surface area contributed by atoms with E-state index in [1.807, 2.05) is 0 Å². The van der Waals surface area contributed by atoms with Crippen LogP contribution in [-0.2, 0) is 11.0 Å². The molecular formula is C11H13F3N2O2. The number of pyridine rings is 1. The standard InChI is InChI=1S/C11H13F3N2O2/c1-6(10(17)18)7(2)16-9-8(11(12,13)14)4-3-5-15-9/h3-7H,1-2H3,(H,15,16)(H,17,18). The maximum Gasteiger partial charge on any atom is 0.419 e. The fraction of sp³-hybridized carbons (Fsp3) is 0.455. The molecular weight excluding hydrogens is 249 g/mol. The smallest absolute Gasteiger partial charge is 0.419 e. The van der Waals surface area contributed by atoms with Crippen molar-refractivity contribution in [3.05, 3.63) is 23.9 Å². The molecule has 0 radical (unpaired) electrons. The summed E-state index contributed by atoms with van der Waals surface area (Å²) in [5.74, 6) is -2.27. The Hall–Kier alpha value is -1.79. The van der Waals surface area contributed by atoms with Crippen molar-refractivity contribution in [1.29, 1.82) is 0 Å². The second-order valence-electron chi connectivity index (χ2n) is 3.96. The third-order valence-electron chi connectivity index (χ3n) is 2.62. The molecule has 0 aromatic carbocycles. The zero-order chi connectivity index (χ0) is 13.9. The number of aliphatic carboxylic acids is 1. The summed E-state index contributed by atoms with van der Waals surface area (Å²) in [6, 6.07) is 1.41. The molecule has 0 amide bonds. The molecule has 0 saturated heterocycles. The van der Waals surface area contributed by atoms with Gasteiger partial charge >= 0.3 is 12.1 Å². The lowest BCUT2D eigenvalue weighted by atomic mass is 10.0. The predicted octanol–water partition coefficient (Wildman–Crippen LogP) is 2.62. The van der Waals surface area contributed by atoms with Crippen LogP contribution in [-0.4, -0.2) is 22.1 Å². The Morgan fingerprint density at radius 1 is 1.44 bits per heavy atom. The van der Waals surface area contributed by atoms with E-state index in [2.05, 4.69) is 10.3 Å². The Kier molecular flexibility index (Phi) is 4.15. The van der Waals surface area contributed by atoms with Crippen LogP contribution < -0.4 is 5.32 Å². The van der Waals surface area contributed by atoms with Gasteiger partial charge in [0.25, 0.3) is 0 Å². The van der Waals surface area contributed by atoms with Crippen molar-refractivity contribution in [2.24, 2.45) is 5.92 Å². The van der Waals surface area contributed by atoms with Crippen molar-refractivity contribution >= 4 is 11.8 Å². The first-order valence-corrected chi connectivity index (χ1v) is 5.25. The number of hydrogen-bond acceptors (Lipinski definition) is 3. The van der Waals surface area contributed by atoms with Gasteiger partial charge in [0, 0.05) is 12.2 Å². The number of carboxylic acids is 1. The van der Waals surface area contributed by atoms with Crippen LogP contribution in [0.25, 0.3) is 0 Å². The number of halogens is 3. The molecule has 0 saturated carbocycles. The maximum atomic E-state index is 12.7. The molecule has 2 atom stereocenters. The number of nitrogens with one attached hydrogen (secondary N) is 1. The molecule has 0 aliphatic heterocycles. The highest BCUT2D eigenvalue weighted by Gasteiger charge is 2.34. The van der Waals surface area contributed by atoms with Gasteiger partial charge in [-0.05, 0) is 26.0 Å². The highest BCUT2D eigenvalue weighted by molar-refractivity contribution is 5.71. The molecule has 4 nitrogen and oxygen atoms in total. The number of aromatic nitrogens is 1. The summed E-state index contributed by atoms with van der Waals surface area (Å²) >= 11 is 0. The van der Waals surface area contributed by atoms with Gasteiger partial charge in [-0.15, -0.1) is 0 Å². The van der Waals surface area contributed by atoms with Gasteiger partial charge in [0.05, 0.1) is 11.5 Å². The van der Waals surface area contributed by atoms with Crippen LogP contribution in [0.15, 0.2) is 18.3 Å². The summed E-state index contributed by atoms with van der Waals surface area (Å²) in [5, 5.41) is 11.3. The number of hydrogen-bond donors (Lipinski definition) is 2. The number of carbonyl (C=O) groups is 1. The normalized spacial score (nSPS) is 14.9. The number of anilines is 1. The van der Waals surface area contributed by atoms with Crippen molar-refractivity contribution in [1.82, 2.24) is 4.98 Å². The largest absolute Gasteiger partial charge is 0.481 e. The Labute approximate surface area is 102 Å². The van der Waals surface area contributed by atoms with Crippen LogP contribution >= 0.6 is 0 Å². The summed E-state index contributed by atoms with van der Waals surface area (Å²) in [4.78, 5) is 14.3. The van der Waals surface area contributed by atoms with E-state index in [1.54, 1.807) is 0 Å². The zero-order valence-corrected chi connectivity index (χ0v) is 9.82. The van der Waals surface area contributed by atoms with E-state index in [0.717, 1.165) is 6.07 Å². The van der Waals surface area contributed by atoms with Gasteiger partial charge in [-0.25, -0.2) is 4.98 Å². The third kappa shape index (κ3) is 3.35. The fourth-order valence-electron chi connectivity index (χ4n) is 1.30. The average molecular weight is 262 g/mol. The topological polar surface area (TPSA) is 62.2 Å². The van der Waals surface area contributed by atoms with Gasteiger partial charge in [-0.2, -0.15) is 13.2 Å². The zero-order valence-electron chi connectivity index (χ0n) is 9.82. The van der Waals surface area contributed by atoms with Crippen LogP contribution in [0.1, 0.15) is 19.4 Å². The lowest BCUT2D eigenvalue weighted by molar-refractivity contribution is -0.141. The molecule has 1 rings (SSSR count). The van der Waals surface area contributed by atoms with Crippen molar-refractivity contribution in [3.8, 4) is 0 Å². The first kappa shape index (κ1) is 14.3. The van der Waals surface area contributed by atoms with Gasteiger partial charge < -0.3 is 10.4 Å². The van der Waals surface area contributed by atoms with Crippen LogP contribution in [0.5, 0.6) is 0 Å². The molecule has 2 unspecified atom stereocenters. The van der Waals surface area contributed by atoms with Gasteiger partial charge in [0.15, 0.2) is 0 Å². The number of carboxylic acid groups (broad SMARTS) is 1. The van der Waals surface area contributed by atoms with Crippen LogP contribution in [0, 0.1) is 5.92 Å². The minimum Gasteiger partial charge on any atom is -0.481 e. The molecule has 0 aliphatic rings. The lowest BCUT2D eigenvalue weighted by Gasteiger charge is -2.20. The van der Waals surface area contributed by atoms with Gasteiger partial charge in [0.1, 0.15) is 5.82 Å². The fourth-order valence-corrected chi connectivity index (χ4v) is 1.30. The predicted molar refractivity (Wildman–Crippen MR) is 59.1 cm³/mol. The lowest BCUT2D eigenvalue weighted by Crippen LogP contribution is -2.31. The third-order valence-corrected chi connectivity index (χ3v) is 2.62. The minimum atomic E-state index is -4.53. The Morgan fingerprint density at radius 3 is 2.56 bits per heavy atom. The first-order chi connectivity index (χ1) is 8.23. The molecule has 2 N–H and O–H groups in total. The van der Waals surface area contributed by atoms with Gasteiger partial charge in [0.2, 0.25) is 0 Å². The molecule has 18 heavy (non-hydrogen) atoms. The minimum absolute atomic E-state index is 0.356. The van der Waals surface area contributed by atoms with Crippen molar-refractivity contribution in [2.45, 2.75) is 26.1 Å². The van der Waals surface area contributed by atoms with Crippen LogP contribution in [0.3, 0.4) is 0 Å². The number of rotatable bonds is 4. The summed E-state index contributed by atoms with van der Waals surface area (Å²) in [7, 11) is 0. The van der Waals surface area contributed by atoms with Gasteiger partial charge in [-0.1, -0.05) is 0 Å². The van der Waals surface area contributed by atoms with E-state index in [0.29, 0.717) is 0 Å². The molecule has 7 heteroatoms. The Balaban J connectivity index is 2.95. The Bertz CT molecular complexity index is 435. The molecule has 1 aromatic heterocycles. The second-order valence-corrected chi connectivity index (χ2v) is 3.96. The van der Waals surface area contributed by atoms with E-state index >= 15 is 0 Å². The summed E-state index contributed by atoms with van der Waals surface area (Å²) < 4.78 is 38.0. The van der Waals surface area contributed by atoms with E-state index in [1.165, 1.54) is 26.1 Å². The SMILES string of the molecule is CC(Nc1ncccc1C(F)(F)F)C(C)C(=O)O. The highest BCUT2D eigenvalue weighted by Crippen LogP contribution is 2.33. The molecule has 1 aromatic rings. The van der Waals surface area contributed by atoms with E-state index in [-0.39, 0.29) is 5.82 Å². The molecule has 100 valence electrons. The Morgan fingerprint density at radius 2 is 2.06 bits per heavy atom. The maximum absolute atomic E-state index is 12.7. The van der Waals surface area contributed by atoms with E-state index < -0.39 is 29.7 Å². The van der Waals surface area contributed by atoms with E-state index in [4.69, 9.17) is 5.11 Å². The van der Waals surface area contributed by atoms with Gasteiger partial charge in [-0.3, -0.25) is 4.79 Å². The number of nitrogens with zero attached hydrogens (tertiary/aromatic N) is 1. The molecule has 0 aliphatic carbocycles. The quantitative estimate of drug-likeness (QED) is 0.875. The van der Waals surface area contributed by atoms with Crippen molar-refractivity contribution in [2.75, 3.05) is 5.32 Å². The first-order valence-electron chi connectivity index (χ1n) is 5.25. The van der Waals surface area contributed by atoms with E-state index in [9.17, 15) is 18.0 Å². The number of alkyl halides is 3. The second kappa shape index (κ2) is 5.24. The average Bonchev–Trinajstić information content (AvgIpc) is 2.27. The molecule has 0 bridgehead atoms. The summed E-state index contributed by atoms with van der Waals surface area (Å²) in [6.45, 7) is 2.91.